The molecule has 4 heterocycles. The third-order valence-electron chi connectivity index (χ3n) is 9.99. The summed E-state index contributed by atoms with van der Waals surface area (Å²) in [5.74, 6) is 2.32. The molecule has 1 N–H and O–H groups in total. The van der Waals surface area contributed by atoms with Crippen LogP contribution < -0.4 is 10.3 Å². The van der Waals surface area contributed by atoms with Crippen LogP contribution in [0.4, 0.5) is 11.4 Å². The van der Waals surface area contributed by atoms with E-state index in [1.807, 2.05) is 29.3 Å². The van der Waals surface area contributed by atoms with E-state index in [2.05, 4.69) is 92.2 Å². The normalized spacial score (nSPS) is 21.9. The highest BCUT2D eigenvalue weighted by Crippen LogP contribution is 2.33. The van der Waals surface area contributed by atoms with Crippen molar-refractivity contribution in [2.24, 2.45) is 27.2 Å². The van der Waals surface area contributed by atoms with Crippen molar-refractivity contribution < 1.29 is 13.9 Å². The molecule has 0 radical (unpaired) electrons. The lowest BCUT2D eigenvalue weighted by Crippen LogP contribution is -2.45. The molecule has 0 aliphatic carbocycles. The molecule has 47 heavy (non-hydrogen) atoms. The maximum atomic E-state index is 13.5. The van der Waals surface area contributed by atoms with Gasteiger partial charge in [0.15, 0.2) is 5.76 Å². The number of aliphatic imine (C=N–C) groups is 1. The zero-order valence-corrected chi connectivity index (χ0v) is 29.8. The number of rotatable bonds is 11. The first-order valence-electron chi connectivity index (χ1n) is 17.4. The minimum atomic E-state index is -0.260. The van der Waals surface area contributed by atoms with E-state index >= 15 is 0 Å². The zero-order valence-electron chi connectivity index (χ0n) is 29.8. The number of amides is 1. The molecule has 0 spiro atoms. The Morgan fingerprint density at radius 1 is 1.15 bits per heavy atom. The summed E-state index contributed by atoms with van der Waals surface area (Å²) in [4.78, 5) is 23.0. The molecule has 3 atom stereocenters. The lowest BCUT2D eigenvalue weighted by atomic mass is 9.90. The number of furan rings is 1. The van der Waals surface area contributed by atoms with E-state index in [4.69, 9.17) is 9.15 Å². The van der Waals surface area contributed by atoms with E-state index in [9.17, 15) is 4.79 Å². The van der Waals surface area contributed by atoms with Crippen LogP contribution in [0.5, 0.6) is 0 Å². The third kappa shape index (κ3) is 8.77. The number of carbonyl (C=O) groups is 1. The summed E-state index contributed by atoms with van der Waals surface area (Å²) in [6.07, 6.45) is 5.34. The Morgan fingerprint density at radius 3 is 2.64 bits per heavy atom. The molecule has 1 fully saturated rings. The van der Waals surface area contributed by atoms with Crippen molar-refractivity contribution in [3.05, 3.63) is 58.2 Å². The van der Waals surface area contributed by atoms with E-state index in [0.29, 0.717) is 36.4 Å². The number of morpholine rings is 1. The van der Waals surface area contributed by atoms with Gasteiger partial charge in [0.05, 0.1) is 37.7 Å². The molecule has 3 aliphatic heterocycles. The van der Waals surface area contributed by atoms with Crippen LogP contribution in [0.3, 0.4) is 0 Å². The molecule has 10 heteroatoms. The first-order valence-corrected chi connectivity index (χ1v) is 17.4. The predicted molar refractivity (Wildman–Crippen MR) is 189 cm³/mol. The molecule has 0 bridgehead atoms. The molecule has 3 unspecified atom stereocenters. The van der Waals surface area contributed by atoms with Crippen LogP contribution >= 0.6 is 0 Å². The van der Waals surface area contributed by atoms with Gasteiger partial charge in [0.25, 0.3) is 5.91 Å². The molecule has 1 aromatic carbocycles. The average molecular weight is 646 g/mol. The second kappa shape index (κ2) is 15.3. The molecule has 10 nitrogen and oxygen atoms in total. The fraction of sp³-hybridized carbons (Fsp3) is 0.622. The van der Waals surface area contributed by atoms with Gasteiger partial charge in [0, 0.05) is 48.6 Å². The summed E-state index contributed by atoms with van der Waals surface area (Å²) in [5, 5.41) is 14.1. The van der Waals surface area contributed by atoms with Crippen molar-refractivity contribution in [1.82, 2.24) is 9.80 Å². The lowest BCUT2D eigenvalue weighted by molar-refractivity contribution is 0.0293. The van der Waals surface area contributed by atoms with Gasteiger partial charge in [0.2, 0.25) is 0 Å². The monoisotopic (exact) mass is 645 g/mol. The molecule has 1 aromatic heterocycles. The fourth-order valence-electron chi connectivity index (χ4n) is 6.56. The van der Waals surface area contributed by atoms with Gasteiger partial charge in [0.1, 0.15) is 5.76 Å². The Labute approximate surface area is 281 Å². The van der Waals surface area contributed by atoms with Crippen LogP contribution in [0.1, 0.15) is 88.2 Å². The number of anilines is 2. The number of ether oxygens (including phenoxy) is 1. The summed E-state index contributed by atoms with van der Waals surface area (Å²) < 4.78 is 11.8. The Hall–Kier alpha value is -3.34. The van der Waals surface area contributed by atoms with E-state index in [-0.39, 0.29) is 17.4 Å². The minimum absolute atomic E-state index is 0.228. The maximum absolute atomic E-state index is 13.5. The number of nitrogens with zero attached hydrogens (tertiary/aromatic N) is 6. The van der Waals surface area contributed by atoms with Crippen molar-refractivity contribution >= 4 is 23.5 Å². The highest BCUT2D eigenvalue weighted by Gasteiger charge is 2.29. The summed E-state index contributed by atoms with van der Waals surface area (Å²) in [5.41, 5.74) is 5.70. The molecular weight excluding hydrogens is 590 g/mol. The van der Waals surface area contributed by atoms with Crippen LogP contribution in [-0.4, -0.2) is 80.9 Å². The quantitative estimate of drug-likeness (QED) is 0.276. The number of benzene rings is 1. The van der Waals surface area contributed by atoms with Gasteiger partial charge in [-0.15, -0.1) is 5.11 Å². The van der Waals surface area contributed by atoms with E-state index in [1.54, 1.807) is 0 Å². The molecule has 1 saturated heterocycles. The number of carbonyl (C=O) groups excluding carboxylic acids is 1. The van der Waals surface area contributed by atoms with Crippen LogP contribution in [0.2, 0.25) is 0 Å². The fourth-order valence-corrected chi connectivity index (χ4v) is 6.56. The van der Waals surface area contributed by atoms with Crippen LogP contribution in [0.15, 0.2) is 55.3 Å². The first kappa shape index (κ1) is 35.0. The Bertz CT molecular complexity index is 1480. The number of aryl methyl sites for hydroxylation is 1. The van der Waals surface area contributed by atoms with Crippen molar-refractivity contribution in [2.75, 3.05) is 63.3 Å². The molecule has 2 aromatic rings. The predicted octanol–water partition coefficient (Wildman–Crippen LogP) is 7.26. The summed E-state index contributed by atoms with van der Waals surface area (Å²) in [6, 6.07) is 8.10. The summed E-state index contributed by atoms with van der Waals surface area (Å²) in [6.45, 7) is 21.7. The van der Waals surface area contributed by atoms with Gasteiger partial charge < -0.3 is 19.4 Å². The van der Waals surface area contributed by atoms with Gasteiger partial charge in [-0.3, -0.25) is 14.7 Å². The third-order valence-corrected chi connectivity index (χ3v) is 9.99. The van der Waals surface area contributed by atoms with Gasteiger partial charge >= 0.3 is 0 Å². The van der Waals surface area contributed by atoms with Gasteiger partial charge in [-0.2, -0.15) is 0 Å². The second-order valence-electron chi connectivity index (χ2n) is 14.8. The SMILES string of the molecule is CCC(C)C(C)CCN(C)Cc1cc(C(=O)Nc2ccc(C)c(N3C/C(=C4/CN=CC(N5CCOCC5)C4)N=N3)c2)oc1C(C)(C)C. The topological polar surface area (TPSA) is 98.3 Å². The summed E-state index contributed by atoms with van der Waals surface area (Å²) in [7, 11) is 2.15. The molecule has 1 amide bonds. The Morgan fingerprint density at radius 2 is 1.91 bits per heavy atom. The van der Waals surface area contributed by atoms with Gasteiger partial charge in [-0.05, 0) is 74.5 Å². The molecule has 3 aliphatic rings. The molecular formula is C37H55N7O3. The minimum Gasteiger partial charge on any atom is -0.455 e. The van der Waals surface area contributed by atoms with Gasteiger partial charge in [-0.1, -0.05) is 59.3 Å². The Kier molecular flexibility index (Phi) is 11.4. The highest BCUT2D eigenvalue weighted by molar-refractivity contribution is 6.02. The van der Waals surface area contributed by atoms with Crippen LogP contribution in [0.25, 0.3) is 0 Å². The van der Waals surface area contributed by atoms with Crippen molar-refractivity contribution in [1.29, 1.82) is 0 Å². The highest BCUT2D eigenvalue weighted by atomic mass is 16.5. The number of hydrogen-bond donors (Lipinski definition) is 1. The van der Waals surface area contributed by atoms with Crippen molar-refractivity contribution in [2.45, 2.75) is 85.7 Å². The summed E-state index contributed by atoms with van der Waals surface area (Å²) >= 11 is 0. The molecule has 5 rings (SSSR count). The first-order chi connectivity index (χ1) is 22.4. The molecule has 0 saturated carbocycles. The van der Waals surface area contributed by atoms with E-state index in [1.165, 1.54) is 12.0 Å². The average Bonchev–Trinajstić information content (AvgIpc) is 3.73. The molecule has 256 valence electrons. The van der Waals surface area contributed by atoms with E-state index < -0.39 is 0 Å². The smallest absolute Gasteiger partial charge is 0.291 e. The number of hydrogen-bond acceptors (Lipinski definition) is 9. The van der Waals surface area contributed by atoms with Crippen molar-refractivity contribution in [3.8, 4) is 0 Å². The number of nitrogens with one attached hydrogen (secondary N) is 1. The van der Waals surface area contributed by atoms with Crippen LogP contribution in [0, 0.1) is 18.8 Å². The maximum Gasteiger partial charge on any atom is 0.291 e. The van der Waals surface area contributed by atoms with E-state index in [0.717, 1.165) is 80.5 Å². The van der Waals surface area contributed by atoms with Crippen molar-refractivity contribution in [3.63, 3.8) is 0 Å². The largest absolute Gasteiger partial charge is 0.455 e. The van der Waals surface area contributed by atoms with Crippen LogP contribution in [-0.2, 0) is 16.7 Å². The standard InChI is InChI=1S/C37H55N7O3/c1-9-25(2)26(3)12-13-42(8)23-29-19-34(47-35(29)37(5,6)7)36(45)39-30-11-10-27(4)33(20-30)44-24-32(40-41-44)28-18-31(22-38-21-28)43-14-16-46-17-15-43/h10-11,19-20,22,25-26,31H,9,12-18,21,23-24H2,1-8H3,(H,39,45)/b32-28-. The second-order valence-corrected chi connectivity index (χ2v) is 14.8. The zero-order chi connectivity index (χ0) is 33.7. The Balaban J connectivity index is 1.25. The van der Waals surface area contributed by atoms with Gasteiger partial charge in [-0.25, -0.2) is 5.01 Å². The lowest BCUT2D eigenvalue weighted by Gasteiger charge is -2.34.